The van der Waals surface area contributed by atoms with E-state index in [2.05, 4.69) is 89.3 Å². The lowest BCUT2D eigenvalue weighted by atomic mass is 10.1. The maximum Gasteiger partial charge on any atom is 0.142 e. The second kappa shape index (κ2) is 4.63. The highest BCUT2D eigenvalue weighted by Crippen LogP contribution is 2.32. The molecule has 2 heteroatoms. The average Bonchev–Trinajstić information content (AvgIpc) is 2.92. The Bertz CT molecular complexity index is 904. The minimum Gasteiger partial charge on any atom is -0.455 e. The van der Waals surface area contributed by atoms with Gasteiger partial charge in [0.25, 0.3) is 0 Å². The third kappa shape index (κ3) is 1.91. The van der Waals surface area contributed by atoms with E-state index in [1.165, 1.54) is 14.3 Å². The van der Waals surface area contributed by atoms with Crippen LogP contribution in [0.3, 0.4) is 0 Å². The second-order valence-corrected chi connectivity index (χ2v) is 6.07. The van der Waals surface area contributed by atoms with Crippen molar-refractivity contribution in [2.24, 2.45) is 0 Å². The summed E-state index contributed by atoms with van der Waals surface area (Å²) in [5, 5.41) is 3.53. The highest BCUT2D eigenvalue weighted by atomic mass is 127. The molecule has 0 unspecified atom stereocenters. The number of halogens is 1. The van der Waals surface area contributed by atoms with Gasteiger partial charge in [-0.1, -0.05) is 48.5 Å². The Morgan fingerprint density at radius 3 is 2.35 bits per heavy atom. The van der Waals surface area contributed by atoms with Gasteiger partial charge in [-0.05, 0) is 46.2 Å². The van der Waals surface area contributed by atoms with Gasteiger partial charge in [-0.3, -0.25) is 0 Å². The van der Waals surface area contributed by atoms with Crippen LogP contribution in [0.2, 0.25) is 0 Å². The molecule has 1 nitrogen and oxygen atoms in total. The number of fused-ring (bicyclic) bond motifs is 3. The van der Waals surface area contributed by atoms with Gasteiger partial charge >= 0.3 is 0 Å². The van der Waals surface area contributed by atoms with Gasteiger partial charge in [0.15, 0.2) is 0 Å². The Morgan fingerprint density at radius 1 is 0.750 bits per heavy atom. The monoisotopic (exact) mass is 370 g/mol. The lowest BCUT2D eigenvalue weighted by molar-refractivity contribution is 0.635. The van der Waals surface area contributed by atoms with Crippen LogP contribution in [0.1, 0.15) is 0 Å². The quantitative estimate of drug-likeness (QED) is 0.383. The summed E-state index contributed by atoms with van der Waals surface area (Å²) in [5.74, 6) is 0.924. The third-order valence-electron chi connectivity index (χ3n) is 3.54. The summed E-state index contributed by atoms with van der Waals surface area (Å²) in [7, 11) is 0. The van der Waals surface area contributed by atoms with Crippen molar-refractivity contribution < 1.29 is 4.42 Å². The Labute approximate surface area is 130 Å². The molecule has 20 heavy (non-hydrogen) atoms. The summed E-state index contributed by atoms with van der Waals surface area (Å²) < 4.78 is 7.33. The molecule has 0 aliphatic heterocycles. The van der Waals surface area contributed by atoms with Crippen LogP contribution in [0.5, 0.6) is 0 Å². The summed E-state index contributed by atoms with van der Waals surface area (Å²) in [5.41, 5.74) is 2.09. The van der Waals surface area contributed by atoms with Crippen LogP contribution in [-0.4, -0.2) is 0 Å². The molecule has 3 aromatic carbocycles. The van der Waals surface area contributed by atoms with Crippen molar-refractivity contribution in [1.82, 2.24) is 0 Å². The number of rotatable bonds is 1. The van der Waals surface area contributed by atoms with Crippen LogP contribution < -0.4 is 0 Å². The van der Waals surface area contributed by atoms with Gasteiger partial charge in [0.1, 0.15) is 11.3 Å². The van der Waals surface area contributed by atoms with Crippen molar-refractivity contribution >= 4 is 44.3 Å². The number of hydrogen-bond donors (Lipinski definition) is 0. The van der Waals surface area contributed by atoms with E-state index in [4.69, 9.17) is 4.42 Å². The Balaban J connectivity index is 1.98. The minimum absolute atomic E-state index is 0.924. The molecule has 0 fully saturated rings. The smallest absolute Gasteiger partial charge is 0.142 e. The highest BCUT2D eigenvalue weighted by molar-refractivity contribution is 14.1. The SMILES string of the molecule is Ic1ccc(-c2cc3ccc4ccccc4c3o2)cc1. The summed E-state index contributed by atoms with van der Waals surface area (Å²) in [6.07, 6.45) is 0. The molecular formula is C18H11IO. The van der Waals surface area contributed by atoms with Crippen LogP contribution in [0.4, 0.5) is 0 Å². The van der Waals surface area contributed by atoms with Crippen molar-refractivity contribution in [2.75, 3.05) is 0 Å². The molecule has 0 spiro atoms. The van der Waals surface area contributed by atoms with Gasteiger partial charge < -0.3 is 4.42 Å². The van der Waals surface area contributed by atoms with Crippen LogP contribution in [-0.2, 0) is 0 Å². The van der Waals surface area contributed by atoms with E-state index in [-0.39, 0.29) is 0 Å². The normalized spacial score (nSPS) is 11.2. The zero-order valence-electron chi connectivity index (χ0n) is 10.6. The Morgan fingerprint density at radius 2 is 1.50 bits per heavy atom. The predicted octanol–water partition coefficient (Wildman–Crippen LogP) is 5.86. The summed E-state index contributed by atoms with van der Waals surface area (Å²) in [6.45, 7) is 0. The number of hydrogen-bond acceptors (Lipinski definition) is 1. The lowest BCUT2D eigenvalue weighted by Crippen LogP contribution is -1.73. The molecule has 0 aliphatic rings. The van der Waals surface area contributed by atoms with E-state index in [1.807, 2.05) is 0 Å². The topological polar surface area (TPSA) is 13.1 Å². The van der Waals surface area contributed by atoms with Crippen molar-refractivity contribution in [3.63, 3.8) is 0 Å². The second-order valence-electron chi connectivity index (χ2n) is 4.82. The molecule has 0 radical (unpaired) electrons. The number of furan rings is 1. The largest absolute Gasteiger partial charge is 0.455 e. The van der Waals surface area contributed by atoms with E-state index < -0.39 is 0 Å². The Hall–Kier alpha value is -1.81. The summed E-state index contributed by atoms with van der Waals surface area (Å²) in [4.78, 5) is 0. The molecule has 1 aromatic heterocycles. The van der Waals surface area contributed by atoms with Gasteiger partial charge in [-0.15, -0.1) is 0 Å². The third-order valence-corrected chi connectivity index (χ3v) is 4.26. The van der Waals surface area contributed by atoms with Crippen molar-refractivity contribution in [3.8, 4) is 11.3 Å². The molecule has 0 saturated heterocycles. The summed E-state index contributed by atoms with van der Waals surface area (Å²) >= 11 is 2.31. The first-order valence-corrected chi connectivity index (χ1v) is 7.56. The molecule has 0 N–H and O–H groups in total. The van der Waals surface area contributed by atoms with Gasteiger partial charge in [0.2, 0.25) is 0 Å². The van der Waals surface area contributed by atoms with Crippen LogP contribution in [0, 0.1) is 3.57 Å². The maximum absolute atomic E-state index is 6.10. The van der Waals surface area contributed by atoms with Gasteiger partial charge in [-0.25, -0.2) is 0 Å². The van der Waals surface area contributed by atoms with Crippen molar-refractivity contribution in [3.05, 3.63) is 70.3 Å². The maximum atomic E-state index is 6.10. The fraction of sp³-hybridized carbons (Fsp3) is 0. The highest BCUT2D eigenvalue weighted by Gasteiger charge is 2.08. The first-order chi connectivity index (χ1) is 9.81. The fourth-order valence-electron chi connectivity index (χ4n) is 2.52. The minimum atomic E-state index is 0.924. The molecule has 0 bridgehead atoms. The molecule has 1 heterocycles. The van der Waals surface area contributed by atoms with E-state index in [1.54, 1.807) is 0 Å². The van der Waals surface area contributed by atoms with Crippen molar-refractivity contribution in [2.45, 2.75) is 0 Å². The predicted molar refractivity (Wildman–Crippen MR) is 91.9 cm³/mol. The molecule has 4 aromatic rings. The van der Waals surface area contributed by atoms with Crippen LogP contribution in [0.25, 0.3) is 33.1 Å². The summed E-state index contributed by atoms with van der Waals surface area (Å²) in [6, 6.07) is 23.1. The zero-order chi connectivity index (χ0) is 13.5. The molecule has 96 valence electrons. The van der Waals surface area contributed by atoms with Gasteiger partial charge in [0.05, 0.1) is 0 Å². The molecule has 4 rings (SSSR count). The molecule has 0 amide bonds. The van der Waals surface area contributed by atoms with Crippen molar-refractivity contribution in [1.29, 1.82) is 0 Å². The standard InChI is InChI=1S/C18H11IO/c19-15-9-7-13(8-10-15)17-11-14-6-5-12-3-1-2-4-16(12)18(14)20-17/h1-11H. The van der Waals surface area contributed by atoms with Gasteiger partial charge in [-0.2, -0.15) is 0 Å². The van der Waals surface area contributed by atoms with Crippen LogP contribution >= 0.6 is 22.6 Å². The van der Waals surface area contributed by atoms with Crippen LogP contribution in [0.15, 0.2) is 71.1 Å². The molecule has 0 aliphatic carbocycles. The van der Waals surface area contributed by atoms with E-state index in [0.717, 1.165) is 22.3 Å². The fourth-order valence-corrected chi connectivity index (χ4v) is 2.88. The molecule has 0 atom stereocenters. The first-order valence-electron chi connectivity index (χ1n) is 6.48. The number of benzene rings is 3. The van der Waals surface area contributed by atoms with E-state index in [9.17, 15) is 0 Å². The van der Waals surface area contributed by atoms with Gasteiger partial charge in [0, 0.05) is 19.9 Å². The lowest BCUT2D eigenvalue weighted by Gasteiger charge is -1.98. The first kappa shape index (κ1) is 12.0. The van der Waals surface area contributed by atoms with E-state index >= 15 is 0 Å². The zero-order valence-corrected chi connectivity index (χ0v) is 12.8. The molecular weight excluding hydrogens is 359 g/mol. The molecule has 0 saturated carbocycles. The average molecular weight is 370 g/mol. The Kier molecular flexibility index (Phi) is 2.77. The van der Waals surface area contributed by atoms with E-state index in [0.29, 0.717) is 0 Å².